The Balaban J connectivity index is 2.20. The third kappa shape index (κ3) is 5.20. The first-order chi connectivity index (χ1) is 11.6. The van der Waals surface area contributed by atoms with E-state index in [-0.39, 0.29) is 5.11 Å². The molecule has 0 radical (unpaired) electrons. The first-order valence-electron chi connectivity index (χ1n) is 7.05. The van der Waals surface area contributed by atoms with Crippen molar-refractivity contribution >= 4 is 32.7 Å². The van der Waals surface area contributed by atoms with Crippen molar-refractivity contribution in [2.75, 3.05) is 11.6 Å². The van der Waals surface area contributed by atoms with Gasteiger partial charge in [0.2, 0.25) is 5.11 Å². The lowest BCUT2D eigenvalue weighted by Crippen LogP contribution is -2.15. The Morgan fingerprint density at radius 1 is 1.32 bits per heavy atom. The Morgan fingerprint density at radius 3 is 2.56 bits per heavy atom. The number of rotatable bonds is 3. The van der Waals surface area contributed by atoms with Crippen molar-refractivity contribution in [2.24, 2.45) is 4.36 Å². The lowest BCUT2D eigenvalue weighted by molar-refractivity contribution is -0.141. The quantitative estimate of drug-likeness (QED) is 0.804. The third-order valence-corrected chi connectivity index (χ3v) is 5.82. The van der Waals surface area contributed by atoms with Crippen molar-refractivity contribution in [3.63, 3.8) is 0 Å². The number of thiocarbonyl (C=S) groups is 1. The number of halogens is 3. The number of nitrogens with zero attached hydrogens (tertiary/aromatic N) is 3. The summed E-state index contributed by atoms with van der Waals surface area (Å²) in [4.78, 5) is 7.29. The summed E-state index contributed by atoms with van der Waals surface area (Å²) < 4.78 is 54.5. The molecule has 2 atom stereocenters. The van der Waals surface area contributed by atoms with Crippen LogP contribution in [0.15, 0.2) is 47.2 Å². The smallest absolute Gasteiger partial charge is 0.329 e. The van der Waals surface area contributed by atoms with E-state index in [1.165, 1.54) is 18.5 Å². The molecule has 0 spiro atoms. The minimum Gasteiger partial charge on any atom is -0.329 e. The van der Waals surface area contributed by atoms with Crippen LogP contribution in [-0.2, 0) is 15.9 Å². The number of hydrogen-bond donors (Lipinski definition) is 1. The summed E-state index contributed by atoms with van der Waals surface area (Å²) in [5.74, 6) is 0. The molecule has 0 aliphatic rings. The highest BCUT2D eigenvalue weighted by molar-refractivity contribution is 7.94. The molecule has 10 heteroatoms. The summed E-state index contributed by atoms with van der Waals surface area (Å²) in [5, 5.41) is 2.14. The van der Waals surface area contributed by atoms with E-state index < -0.39 is 26.8 Å². The van der Waals surface area contributed by atoms with E-state index in [2.05, 4.69) is 19.6 Å². The Bertz CT molecular complexity index is 861. The number of pyridine rings is 2. The first-order valence-corrected chi connectivity index (χ1v) is 9.44. The van der Waals surface area contributed by atoms with Crippen molar-refractivity contribution in [2.45, 2.75) is 18.3 Å². The monoisotopic (exact) mass is 388 g/mol. The molecule has 0 amide bonds. The minimum atomic E-state index is -4.52. The van der Waals surface area contributed by atoms with Gasteiger partial charge in [-0.2, -0.15) is 17.5 Å². The average molecular weight is 388 g/mol. The van der Waals surface area contributed by atoms with Crippen LogP contribution < -0.4 is 5.32 Å². The Labute approximate surface area is 148 Å². The maximum atomic E-state index is 12.8. The summed E-state index contributed by atoms with van der Waals surface area (Å²) in [6.45, 7) is 1.60. The van der Waals surface area contributed by atoms with Gasteiger partial charge in [0, 0.05) is 18.6 Å². The van der Waals surface area contributed by atoms with Gasteiger partial charge in [0.15, 0.2) is 0 Å². The topological polar surface area (TPSA) is 67.2 Å². The van der Waals surface area contributed by atoms with Gasteiger partial charge in [-0.1, -0.05) is 6.07 Å². The van der Waals surface area contributed by atoms with Crippen LogP contribution in [0.5, 0.6) is 0 Å². The van der Waals surface area contributed by atoms with E-state index in [0.29, 0.717) is 11.3 Å². The largest absolute Gasteiger partial charge is 0.433 e. The van der Waals surface area contributed by atoms with Crippen molar-refractivity contribution in [3.8, 4) is 0 Å². The second kappa shape index (κ2) is 7.44. The molecule has 1 N–H and O–H groups in total. The Hall–Kier alpha value is -2.07. The molecule has 5 nitrogen and oxygen atoms in total. The second-order valence-electron chi connectivity index (χ2n) is 5.24. The number of aromatic nitrogens is 2. The van der Waals surface area contributed by atoms with E-state index in [9.17, 15) is 17.4 Å². The minimum absolute atomic E-state index is 0.00669. The highest BCUT2D eigenvalue weighted by Crippen LogP contribution is 2.29. The van der Waals surface area contributed by atoms with Gasteiger partial charge in [0.25, 0.3) is 0 Å². The summed E-state index contributed by atoms with van der Waals surface area (Å²) in [6.07, 6.45) is 1.06. The molecule has 2 rings (SSSR count). The molecule has 0 saturated heterocycles. The van der Waals surface area contributed by atoms with Crippen LogP contribution in [0.3, 0.4) is 0 Å². The molecule has 0 aliphatic carbocycles. The molecule has 0 aliphatic heterocycles. The zero-order chi connectivity index (χ0) is 18.7. The highest BCUT2D eigenvalue weighted by Gasteiger charge is 2.32. The molecular formula is C15H15F3N4OS2. The maximum Gasteiger partial charge on any atom is 0.433 e. The molecule has 2 aromatic rings. The summed E-state index contributed by atoms with van der Waals surface area (Å²) in [5.41, 5.74) is -0.0273. The number of hydrogen-bond acceptors (Lipinski definition) is 4. The molecular weight excluding hydrogens is 373 g/mol. The van der Waals surface area contributed by atoms with Crippen LogP contribution in [-0.4, -0.2) is 25.5 Å². The van der Waals surface area contributed by atoms with Gasteiger partial charge in [-0.3, -0.25) is 9.97 Å². The molecule has 2 aromatic heterocycles. The molecule has 0 bridgehead atoms. The normalized spacial score (nSPS) is 15.1. The molecule has 25 heavy (non-hydrogen) atoms. The first kappa shape index (κ1) is 19.3. The van der Waals surface area contributed by atoms with Crippen LogP contribution in [0.1, 0.15) is 23.4 Å². The van der Waals surface area contributed by atoms with Crippen LogP contribution in [0.4, 0.5) is 18.9 Å². The second-order valence-corrected chi connectivity index (χ2v) is 8.24. The van der Waals surface area contributed by atoms with Gasteiger partial charge >= 0.3 is 6.18 Å². The number of nitrogens with one attached hydrogen (secondary N) is 1. The van der Waals surface area contributed by atoms with Gasteiger partial charge in [-0.15, -0.1) is 0 Å². The SMILES string of the molecule is CC(c1ccc(C(F)(F)F)nc1)S(C)(=O)=NC(=S)Nc1cccnc1. The van der Waals surface area contributed by atoms with E-state index in [0.717, 1.165) is 12.3 Å². The Morgan fingerprint density at radius 2 is 2.04 bits per heavy atom. The van der Waals surface area contributed by atoms with Crippen LogP contribution in [0.25, 0.3) is 0 Å². The lowest BCUT2D eigenvalue weighted by atomic mass is 10.2. The third-order valence-electron chi connectivity index (χ3n) is 3.38. The lowest BCUT2D eigenvalue weighted by Gasteiger charge is -2.15. The summed E-state index contributed by atoms with van der Waals surface area (Å²) >= 11 is 5.07. The fourth-order valence-electron chi connectivity index (χ4n) is 1.89. The standard InChI is InChI=1S/C15H15F3N4OS2/c1-10(11-5-6-13(20-8-11)15(16,17)18)25(2,23)22-14(24)21-12-4-3-7-19-9-12/h3-10H,1-2H3,(H,21,24). The van der Waals surface area contributed by atoms with E-state index in [1.54, 1.807) is 25.3 Å². The molecule has 134 valence electrons. The molecule has 2 unspecified atom stereocenters. The van der Waals surface area contributed by atoms with Crippen LogP contribution >= 0.6 is 12.2 Å². The maximum absolute atomic E-state index is 12.8. The van der Waals surface area contributed by atoms with Gasteiger partial charge < -0.3 is 5.32 Å². The zero-order valence-electron chi connectivity index (χ0n) is 13.3. The molecule has 0 fully saturated rings. The van der Waals surface area contributed by atoms with Crippen molar-refractivity contribution < 1.29 is 17.4 Å². The predicted octanol–water partition coefficient (Wildman–Crippen LogP) is 4.05. The van der Waals surface area contributed by atoms with Gasteiger partial charge in [-0.05, 0) is 42.9 Å². The number of anilines is 1. The highest BCUT2D eigenvalue weighted by atomic mass is 32.2. The van der Waals surface area contributed by atoms with Crippen molar-refractivity contribution in [3.05, 3.63) is 54.1 Å². The molecule has 2 heterocycles. The predicted molar refractivity (Wildman–Crippen MR) is 94.6 cm³/mol. The zero-order valence-corrected chi connectivity index (χ0v) is 15.0. The number of alkyl halides is 3. The van der Waals surface area contributed by atoms with Gasteiger partial charge in [0.1, 0.15) is 5.69 Å². The average Bonchev–Trinajstić information content (AvgIpc) is 2.53. The van der Waals surface area contributed by atoms with Crippen LogP contribution in [0, 0.1) is 0 Å². The van der Waals surface area contributed by atoms with Gasteiger partial charge in [0.05, 0.1) is 26.9 Å². The fourth-order valence-corrected chi connectivity index (χ4v) is 3.63. The fraction of sp³-hybridized carbons (Fsp3) is 0.267. The molecule has 0 aromatic carbocycles. The van der Waals surface area contributed by atoms with Crippen molar-refractivity contribution in [1.82, 2.24) is 9.97 Å². The Kier molecular flexibility index (Phi) is 5.73. The summed E-state index contributed by atoms with van der Waals surface area (Å²) in [7, 11) is -2.85. The van der Waals surface area contributed by atoms with Crippen molar-refractivity contribution in [1.29, 1.82) is 0 Å². The summed E-state index contributed by atoms with van der Waals surface area (Å²) in [6, 6.07) is 5.52. The van der Waals surface area contributed by atoms with Crippen LogP contribution in [0.2, 0.25) is 0 Å². The molecule has 0 saturated carbocycles. The van der Waals surface area contributed by atoms with E-state index in [4.69, 9.17) is 12.2 Å². The van der Waals surface area contributed by atoms with E-state index >= 15 is 0 Å². The van der Waals surface area contributed by atoms with Gasteiger partial charge in [-0.25, -0.2) is 4.21 Å². The van der Waals surface area contributed by atoms with E-state index in [1.807, 2.05) is 0 Å².